The van der Waals surface area contributed by atoms with Crippen LogP contribution in [-0.2, 0) is 20.9 Å². The summed E-state index contributed by atoms with van der Waals surface area (Å²) in [7, 11) is 0. The van der Waals surface area contributed by atoms with Crippen molar-refractivity contribution in [2.75, 3.05) is 6.61 Å². The Bertz CT molecular complexity index is 1090. The molecular weight excluding hydrogens is 460 g/mol. The van der Waals surface area contributed by atoms with Crippen LogP contribution in [0.4, 0.5) is 4.79 Å². The summed E-state index contributed by atoms with van der Waals surface area (Å²) in [5.74, 6) is -0.897. The Morgan fingerprint density at radius 3 is 2.65 bits per heavy atom. The zero-order chi connectivity index (χ0) is 24.3. The topological polar surface area (TPSA) is 127 Å². The van der Waals surface area contributed by atoms with Gasteiger partial charge in [0.2, 0.25) is 0 Å². The van der Waals surface area contributed by atoms with Gasteiger partial charge in [0.1, 0.15) is 22.9 Å². The summed E-state index contributed by atoms with van der Waals surface area (Å²) < 4.78 is 10.6. The van der Waals surface area contributed by atoms with Gasteiger partial charge in [0.15, 0.2) is 12.3 Å². The maximum Gasteiger partial charge on any atom is 0.358 e. The number of hydrogen-bond acceptors (Lipinski definition) is 8. The summed E-state index contributed by atoms with van der Waals surface area (Å²) in [6.45, 7) is 3.61. The van der Waals surface area contributed by atoms with Gasteiger partial charge in [-0.15, -0.1) is 11.3 Å². The lowest BCUT2D eigenvalue weighted by atomic mass is 9.77. The molecule has 1 aliphatic heterocycles. The minimum atomic E-state index is -0.967. The van der Waals surface area contributed by atoms with Gasteiger partial charge in [-0.2, -0.15) is 5.01 Å². The average Bonchev–Trinajstić information content (AvgIpc) is 3.38. The number of esters is 1. The summed E-state index contributed by atoms with van der Waals surface area (Å²) in [4.78, 5) is 53.7. The first kappa shape index (κ1) is 23.7. The number of amides is 4. The second-order valence-electron chi connectivity index (χ2n) is 8.67. The van der Waals surface area contributed by atoms with Crippen molar-refractivity contribution in [2.45, 2.75) is 51.7 Å². The van der Waals surface area contributed by atoms with Crippen molar-refractivity contribution in [3.63, 3.8) is 0 Å². The highest BCUT2D eigenvalue weighted by Crippen LogP contribution is 2.35. The Labute approximate surface area is 200 Å². The number of carbonyl (C=O) groups excluding carboxylic acids is 4. The number of nitrogens with zero attached hydrogens (tertiary/aromatic N) is 2. The zero-order valence-electron chi connectivity index (χ0n) is 19.0. The van der Waals surface area contributed by atoms with Gasteiger partial charge in [-0.05, 0) is 50.7 Å². The second kappa shape index (κ2) is 9.80. The molecule has 1 aliphatic carbocycles. The largest absolute Gasteiger partial charge is 0.486 e. The van der Waals surface area contributed by atoms with E-state index in [1.165, 1.54) is 16.7 Å². The molecule has 0 bridgehead atoms. The van der Waals surface area contributed by atoms with Crippen molar-refractivity contribution in [1.29, 1.82) is 0 Å². The minimum Gasteiger partial charge on any atom is -0.486 e. The maximum atomic E-state index is 12.8. The number of ether oxygens (including phenoxy) is 2. The van der Waals surface area contributed by atoms with Crippen LogP contribution in [0.15, 0.2) is 29.6 Å². The third-order valence-corrected chi connectivity index (χ3v) is 6.83. The van der Waals surface area contributed by atoms with E-state index < -0.39 is 36.0 Å². The van der Waals surface area contributed by atoms with E-state index >= 15 is 0 Å². The van der Waals surface area contributed by atoms with Crippen LogP contribution in [0.3, 0.4) is 0 Å². The van der Waals surface area contributed by atoms with Gasteiger partial charge in [0, 0.05) is 5.38 Å². The number of aryl methyl sites for hydroxylation is 1. The van der Waals surface area contributed by atoms with Gasteiger partial charge in [0.05, 0.1) is 0 Å². The third-order valence-electron chi connectivity index (χ3n) is 6.00. The van der Waals surface area contributed by atoms with Crippen molar-refractivity contribution < 1.29 is 28.7 Å². The Morgan fingerprint density at radius 2 is 1.94 bits per heavy atom. The number of hydrogen-bond donors (Lipinski definition) is 2. The standard InChI is InChI=1S/C23H26N4O6S/c1-14-3-5-16(6-4-14)32-12-19-24-17(13-34-19)20(29)33-11-18(28)26-27-21(30)23(25-22(27)31)9-7-15(2)8-10-23/h3-6,13,15H,7-12H2,1-2H3,(H,25,31)(H,26,28). The van der Waals surface area contributed by atoms with E-state index in [-0.39, 0.29) is 12.3 Å². The van der Waals surface area contributed by atoms with Crippen LogP contribution in [0, 0.1) is 12.8 Å². The van der Waals surface area contributed by atoms with Crippen molar-refractivity contribution >= 4 is 35.2 Å². The highest BCUT2D eigenvalue weighted by Gasteiger charge is 2.52. The number of imide groups is 1. The fraction of sp³-hybridized carbons (Fsp3) is 0.435. The van der Waals surface area contributed by atoms with Crippen molar-refractivity contribution in [3.8, 4) is 5.75 Å². The first-order valence-corrected chi connectivity index (χ1v) is 11.9. The summed E-state index contributed by atoms with van der Waals surface area (Å²) >= 11 is 1.23. The van der Waals surface area contributed by atoms with E-state index in [2.05, 4.69) is 22.7 Å². The highest BCUT2D eigenvalue weighted by molar-refractivity contribution is 7.09. The quantitative estimate of drug-likeness (QED) is 0.455. The predicted octanol–water partition coefficient (Wildman–Crippen LogP) is 2.72. The molecule has 2 fully saturated rings. The lowest BCUT2D eigenvalue weighted by Crippen LogP contribution is -2.52. The molecule has 0 unspecified atom stereocenters. The molecule has 2 N–H and O–H groups in total. The van der Waals surface area contributed by atoms with Crippen molar-refractivity contribution in [3.05, 3.63) is 45.9 Å². The Balaban J connectivity index is 1.25. The maximum absolute atomic E-state index is 12.8. The molecule has 34 heavy (non-hydrogen) atoms. The van der Waals surface area contributed by atoms with Gasteiger partial charge in [0.25, 0.3) is 11.8 Å². The molecule has 2 aromatic rings. The lowest BCUT2D eigenvalue weighted by molar-refractivity contribution is -0.141. The first-order chi connectivity index (χ1) is 16.3. The fourth-order valence-corrected chi connectivity index (χ4v) is 4.60. The van der Waals surface area contributed by atoms with Gasteiger partial charge in [-0.1, -0.05) is 24.6 Å². The van der Waals surface area contributed by atoms with Crippen LogP contribution >= 0.6 is 11.3 Å². The first-order valence-electron chi connectivity index (χ1n) is 11.0. The number of benzene rings is 1. The molecule has 1 spiro atoms. The lowest BCUT2D eigenvalue weighted by Gasteiger charge is -2.33. The smallest absolute Gasteiger partial charge is 0.358 e. The van der Waals surface area contributed by atoms with Crippen LogP contribution in [0.1, 0.15) is 53.7 Å². The molecule has 1 aromatic carbocycles. The highest BCUT2D eigenvalue weighted by atomic mass is 32.1. The number of rotatable bonds is 7. The van der Waals surface area contributed by atoms with Gasteiger partial charge in [-0.3, -0.25) is 15.0 Å². The summed E-state index contributed by atoms with van der Waals surface area (Å²) in [5.41, 5.74) is 2.43. The Kier molecular flexibility index (Phi) is 6.82. The minimum absolute atomic E-state index is 0.0468. The summed E-state index contributed by atoms with van der Waals surface area (Å²) in [6.07, 6.45) is 2.69. The number of nitrogens with one attached hydrogen (secondary N) is 2. The van der Waals surface area contributed by atoms with Crippen LogP contribution in [0.25, 0.3) is 0 Å². The van der Waals surface area contributed by atoms with Crippen molar-refractivity contribution in [2.24, 2.45) is 5.92 Å². The molecule has 4 rings (SSSR count). The van der Waals surface area contributed by atoms with E-state index in [0.717, 1.165) is 18.4 Å². The van der Waals surface area contributed by atoms with Crippen molar-refractivity contribution in [1.82, 2.24) is 20.7 Å². The number of thiazole rings is 1. The molecule has 4 amide bonds. The molecule has 2 heterocycles. The van der Waals surface area contributed by atoms with E-state index in [1.54, 1.807) is 0 Å². The van der Waals surface area contributed by atoms with Gasteiger partial charge in [-0.25, -0.2) is 14.6 Å². The second-order valence-corrected chi connectivity index (χ2v) is 9.62. The van der Waals surface area contributed by atoms with Gasteiger partial charge < -0.3 is 14.8 Å². The van der Waals surface area contributed by atoms with Crippen LogP contribution in [0.5, 0.6) is 5.75 Å². The molecule has 0 radical (unpaired) electrons. The molecule has 11 heteroatoms. The zero-order valence-corrected chi connectivity index (χ0v) is 19.8. The van der Waals surface area contributed by atoms with E-state index in [1.807, 2.05) is 31.2 Å². The van der Waals surface area contributed by atoms with E-state index in [9.17, 15) is 19.2 Å². The van der Waals surface area contributed by atoms with E-state index in [0.29, 0.717) is 34.5 Å². The molecule has 2 aliphatic rings. The number of aromatic nitrogens is 1. The van der Waals surface area contributed by atoms with Crippen LogP contribution in [0.2, 0.25) is 0 Å². The number of carbonyl (C=O) groups is 4. The van der Waals surface area contributed by atoms with Crippen LogP contribution < -0.4 is 15.5 Å². The third kappa shape index (κ3) is 5.19. The molecular formula is C23H26N4O6S. The summed E-state index contributed by atoms with van der Waals surface area (Å²) in [6, 6.07) is 6.87. The predicted molar refractivity (Wildman–Crippen MR) is 122 cm³/mol. The summed E-state index contributed by atoms with van der Waals surface area (Å²) in [5, 5.41) is 5.47. The monoisotopic (exact) mass is 486 g/mol. The Hall–Kier alpha value is -3.47. The molecule has 1 aromatic heterocycles. The molecule has 1 saturated carbocycles. The number of urea groups is 1. The van der Waals surface area contributed by atoms with Crippen LogP contribution in [-0.4, -0.2) is 46.0 Å². The van der Waals surface area contributed by atoms with Gasteiger partial charge >= 0.3 is 12.0 Å². The average molecular weight is 487 g/mol. The number of hydrazine groups is 1. The molecule has 1 saturated heterocycles. The molecule has 10 nitrogen and oxygen atoms in total. The Morgan fingerprint density at radius 1 is 1.24 bits per heavy atom. The normalized spacial score (nSPS) is 21.9. The SMILES string of the molecule is Cc1ccc(OCc2nc(C(=O)OCC(=O)NN3C(=O)NC4(CCC(C)CC4)C3=O)cs2)cc1. The fourth-order valence-electron chi connectivity index (χ4n) is 3.93. The van der Waals surface area contributed by atoms with E-state index in [4.69, 9.17) is 9.47 Å². The molecule has 0 atom stereocenters. The molecule has 180 valence electrons.